The van der Waals surface area contributed by atoms with Gasteiger partial charge in [-0.05, 0) is 25.9 Å². The maximum Gasteiger partial charge on any atom is 0.315 e. The number of rotatable bonds is 2. The van der Waals surface area contributed by atoms with E-state index in [1.54, 1.807) is 0 Å². The third kappa shape index (κ3) is 2.42. The van der Waals surface area contributed by atoms with Crippen LogP contribution in [0.3, 0.4) is 0 Å². The minimum absolute atomic E-state index is 0.297. The molecule has 5 heteroatoms. The Hall–Kier alpha value is -1.10. The lowest BCUT2D eigenvalue weighted by Gasteiger charge is -2.33. The van der Waals surface area contributed by atoms with Crippen LogP contribution < -0.4 is 16.0 Å². The Kier molecular flexibility index (Phi) is 3.25. The van der Waals surface area contributed by atoms with Gasteiger partial charge in [0, 0.05) is 7.05 Å². The second-order valence-electron chi connectivity index (χ2n) is 3.23. The summed E-state index contributed by atoms with van der Waals surface area (Å²) in [5.74, 6) is 0. The van der Waals surface area contributed by atoms with Gasteiger partial charge in [-0.3, -0.25) is 0 Å². The van der Waals surface area contributed by atoms with E-state index in [4.69, 9.17) is 0 Å². The molecule has 0 spiro atoms. The SMILES string of the molecule is CNC(=O)NC1(C=O)CCNCC1. The fourth-order valence-electron chi connectivity index (χ4n) is 1.43. The molecule has 0 aromatic heterocycles. The van der Waals surface area contributed by atoms with Gasteiger partial charge < -0.3 is 20.7 Å². The molecular formula is C8H15N3O2. The third-order valence-electron chi connectivity index (χ3n) is 2.31. The lowest BCUT2D eigenvalue weighted by molar-refractivity contribution is -0.113. The van der Waals surface area contributed by atoms with E-state index in [2.05, 4.69) is 16.0 Å². The molecule has 0 bridgehead atoms. The summed E-state index contributed by atoms with van der Waals surface area (Å²) < 4.78 is 0. The van der Waals surface area contributed by atoms with Crippen LogP contribution in [0.25, 0.3) is 0 Å². The van der Waals surface area contributed by atoms with E-state index < -0.39 is 5.54 Å². The number of carbonyl (C=O) groups excluding carboxylic acids is 2. The molecule has 0 aliphatic carbocycles. The normalized spacial score (nSPS) is 20.4. The summed E-state index contributed by atoms with van der Waals surface area (Å²) in [6.45, 7) is 1.53. The van der Waals surface area contributed by atoms with Crippen molar-refractivity contribution in [3.05, 3.63) is 0 Å². The number of piperidine rings is 1. The zero-order chi connectivity index (χ0) is 9.73. The maximum absolute atomic E-state index is 11.0. The second kappa shape index (κ2) is 4.23. The van der Waals surface area contributed by atoms with Gasteiger partial charge in [0.25, 0.3) is 0 Å². The molecule has 1 aliphatic rings. The summed E-state index contributed by atoms with van der Waals surface area (Å²) in [6, 6.07) is -0.297. The van der Waals surface area contributed by atoms with Gasteiger partial charge in [-0.25, -0.2) is 4.79 Å². The molecule has 0 aromatic rings. The zero-order valence-corrected chi connectivity index (χ0v) is 7.72. The van der Waals surface area contributed by atoms with Gasteiger partial charge in [0.2, 0.25) is 0 Å². The zero-order valence-electron chi connectivity index (χ0n) is 7.72. The van der Waals surface area contributed by atoms with Crippen molar-refractivity contribution in [1.82, 2.24) is 16.0 Å². The van der Waals surface area contributed by atoms with E-state index in [0.717, 1.165) is 19.4 Å². The van der Waals surface area contributed by atoms with Crippen molar-refractivity contribution < 1.29 is 9.59 Å². The van der Waals surface area contributed by atoms with Gasteiger partial charge in [-0.15, -0.1) is 0 Å². The molecule has 13 heavy (non-hydrogen) atoms. The standard InChI is InChI=1S/C8H15N3O2/c1-9-7(13)11-8(6-12)2-4-10-5-3-8/h6,10H,2-5H2,1H3,(H2,9,11,13). The predicted octanol–water partition coefficient (Wildman–Crippen LogP) is -0.763. The van der Waals surface area contributed by atoms with E-state index in [-0.39, 0.29) is 6.03 Å². The Morgan fingerprint density at radius 3 is 2.54 bits per heavy atom. The van der Waals surface area contributed by atoms with E-state index in [9.17, 15) is 9.59 Å². The molecule has 1 saturated heterocycles. The highest BCUT2D eigenvalue weighted by Crippen LogP contribution is 2.14. The van der Waals surface area contributed by atoms with Crippen molar-refractivity contribution in [2.24, 2.45) is 0 Å². The number of nitrogens with one attached hydrogen (secondary N) is 3. The van der Waals surface area contributed by atoms with Gasteiger partial charge in [-0.2, -0.15) is 0 Å². The van der Waals surface area contributed by atoms with Crippen LogP contribution in [-0.2, 0) is 4.79 Å². The number of urea groups is 1. The summed E-state index contributed by atoms with van der Waals surface area (Å²) in [5, 5.41) is 8.25. The Balaban J connectivity index is 2.57. The molecule has 74 valence electrons. The van der Waals surface area contributed by atoms with Gasteiger partial charge in [0.1, 0.15) is 6.29 Å². The Morgan fingerprint density at radius 1 is 1.46 bits per heavy atom. The highest BCUT2D eigenvalue weighted by molar-refractivity contribution is 5.80. The number of aldehydes is 1. The fraction of sp³-hybridized carbons (Fsp3) is 0.750. The minimum Gasteiger partial charge on any atom is -0.341 e. The molecule has 0 saturated carbocycles. The molecule has 1 heterocycles. The topological polar surface area (TPSA) is 70.2 Å². The molecule has 0 radical (unpaired) electrons. The first-order chi connectivity index (χ1) is 6.22. The first-order valence-electron chi connectivity index (χ1n) is 4.39. The van der Waals surface area contributed by atoms with Crippen molar-refractivity contribution in [2.75, 3.05) is 20.1 Å². The van der Waals surface area contributed by atoms with Crippen LogP contribution in [-0.4, -0.2) is 38.0 Å². The van der Waals surface area contributed by atoms with Crippen LogP contribution in [0.15, 0.2) is 0 Å². The Morgan fingerprint density at radius 2 is 2.08 bits per heavy atom. The van der Waals surface area contributed by atoms with E-state index in [1.165, 1.54) is 7.05 Å². The summed E-state index contributed by atoms with van der Waals surface area (Å²) >= 11 is 0. The molecule has 0 aromatic carbocycles. The summed E-state index contributed by atoms with van der Waals surface area (Å²) in [4.78, 5) is 21.9. The smallest absolute Gasteiger partial charge is 0.315 e. The maximum atomic E-state index is 11.0. The number of amides is 2. The van der Waals surface area contributed by atoms with Crippen molar-refractivity contribution in [3.63, 3.8) is 0 Å². The van der Waals surface area contributed by atoms with Crippen molar-refractivity contribution in [3.8, 4) is 0 Å². The van der Waals surface area contributed by atoms with Crippen LogP contribution in [0.4, 0.5) is 4.79 Å². The molecule has 5 nitrogen and oxygen atoms in total. The Bertz CT molecular complexity index is 200. The monoisotopic (exact) mass is 185 g/mol. The van der Waals surface area contributed by atoms with Crippen molar-refractivity contribution in [2.45, 2.75) is 18.4 Å². The van der Waals surface area contributed by atoms with Crippen molar-refractivity contribution in [1.29, 1.82) is 0 Å². The van der Waals surface area contributed by atoms with Crippen molar-refractivity contribution >= 4 is 12.3 Å². The largest absolute Gasteiger partial charge is 0.341 e. The van der Waals surface area contributed by atoms with Crippen LogP contribution in [0, 0.1) is 0 Å². The first-order valence-corrected chi connectivity index (χ1v) is 4.39. The number of carbonyl (C=O) groups is 2. The third-order valence-corrected chi connectivity index (χ3v) is 2.31. The van der Waals surface area contributed by atoms with Crippen LogP contribution >= 0.6 is 0 Å². The molecule has 3 N–H and O–H groups in total. The lowest BCUT2D eigenvalue weighted by atomic mass is 9.90. The highest BCUT2D eigenvalue weighted by Gasteiger charge is 2.32. The first kappa shape index (κ1) is 9.98. The molecular weight excluding hydrogens is 170 g/mol. The van der Waals surface area contributed by atoms with E-state index in [1.807, 2.05) is 0 Å². The molecule has 1 fully saturated rings. The van der Waals surface area contributed by atoms with E-state index in [0.29, 0.717) is 12.8 Å². The number of hydrogen-bond acceptors (Lipinski definition) is 3. The van der Waals surface area contributed by atoms with Gasteiger partial charge >= 0.3 is 6.03 Å². The average molecular weight is 185 g/mol. The molecule has 0 unspecified atom stereocenters. The average Bonchev–Trinajstić information content (AvgIpc) is 2.19. The number of hydrogen-bond donors (Lipinski definition) is 3. The molecule has 1 aliphatic heterocycles. The summed E-state index contributed by atoms with van der Waals surface area (Å²) in [6.07, 6.45) is 2.15. The molecule has 2 amide bonds. The summed E-state index contributed by atoms with van der Waals surface area (Å²) in [5.41, 5.74) is -0.661. The minimum atomic E-state index is -0.661. The summed E-state index contributed by atoms with van der Waals surface area (Å²) in [7, 11) is 1.54. The van der Waals surface area contributed by atoms with Crippen LogP contribution in [0.2, 0.25) is 0 Å². The van der Waals surface area contributed by atoms with Gasteiger partial charge in [0.05, 0.1) is 5.54 Å². The Labute approximate surface area is 77.3 Å². The van der Waals surface area contributed by atoms with Gasteiger partial charge in [-0.1, -0.05) is 0 Å². The quantitative estimate of drug-likeness (QED) is 0.495. The van der Waals surface area contributed by atoms with Crippen LogP contribution in [0.1, 0.15) is 12.8 Å². The van der Waals surface area contributed by atoms with E-state index >= 15 is 0 Å². The lowest BCUT2D eigenvalue weighted by Crippen LogP contribution is -2.57. The predicted molar refractivity (Wildman–Crippen MR) is 48.5 cm³/mol. The fourth-order valence-corrected chi connectivity index (χ4v) is 1.43. The second-order valence-corrected chi connectivity index (χ2v) is 3.23. The highest BCUT2D eigenvalue weighted by atomic mass is 16.2. The molecule has 1 rings (SSSR count). The van der Waals surface area contributed by atoms with Gasteiger partial charge in [0.15, 0.2) is 0 Å². The van der Waals surface area contributed by atoms with Crippen LogP contribution in [0.5, 0.6) is 0 Å². The molecule has 0 atom stereocenters.